The maximum atomic E-state index is 10.2. The number of phenols is 1. The van der Waals surface area contributed by atoms with E-state index in [0.717, 1.165) is 31.7 Å². The number of hydrogen-bond acceptors (Lipinski definition) is 6. The molecular formula is C20H23N5O. The number of likely N-dealkylation sites (tertiary alicyclic amines) is 1. The largest absolute Gasteiger partial charge is 0.507 e. The van der Waals surface area contributed by atoms with Gasteiger partial charge in [-0.3, -0.25) is 0 Å². The highest BCUT2D eigenvalue weighted by Gasteiger charge is 2.29. The van der Waals surface area contributed by atoms with E-state index in [9.17, 15) is 5.11 Å². The van der Waals surface area contributed by atoms with Gasteiger partial charge in [0.25, 0.3) is 0 Å². The number of likely N-dealkylation sites (N-methyl/N-ethyl adjacent to an activating group) is 1. The lowest BCUT2D eigenvalue weighted by Crippen LogP contribution is -2.49. The molecule has 6 heteroatoms. The van der Waals surface area contributed by atoms with Crippen LogP contribution in [0.5, 0.6) is 5.75 Å². The van der Waals surface area contributed by atoms with E-state index in [1.165, 1.54) is 31.0 Å². The smallest absolute Gasteiger partial charge is 0.154 e. The van der Waals surface area contributed by atoms with Crippen LogP contribution in [-0.4, -0.2) is 52.9 Å². The number of anilines is 1. The van der Waals surface area contributed by atoms with Crippen molar-refractivity contribution in [2.45, 2.75) is 31.7 Å². The first-order chi connectivity index (χ1) is 12.7. The number of nitrogens with zero attached hydrogens (tertiary/aromatic N) is 5. The summed E-state index contributed by atoms with van der Waals surface area (Å²) >= 11 is 0. The lowest BCUT2D eigenvalue weighted by atomic mass is 9.98. The highest BCUT2D eigenvalue weighted by atomic mass is 16.3. The number of aryl methyl sites for hydroxylation is 1. The number of piperidine rings is 1. The standard InChI is InChI=1S/C20H23N5O/c1-24-8-3-5-16(13-24)25-9-2-4-15-11-18(22-23-20(15)25)17-7-6-14(12-21)10-19(17)26/h6-7,10-11,16,26H,2-5,8-9,13H2,1H3/t16-/m0/s1. The molecule has 0 saturated carbocycles. The average Bonchev–Trinajstić information content (AvgIpc) is 2.67. The lowest BCUT2D eigenvalue weighted by Gasteiger charge is -2.41. The van der Waals surface area contributed by atoms with Gasteiger partial charge in [-0.05, 0) is 69.1 Å². The molecule has 2 aliphatic heterocycles. The fraction of sp³-hybridized carbons (Fsp3) is 0.450. The summed E-state index contributed by atoms with van der Waals surface area (Å²) in [6.07, 6.45) is 4.51. The number of aromatic nitrogens is 2. The molecule has 0 amide bonds. The number of fused-ring (bicyclic) bond motifs is 1. The zero-order chi connectivity index (χ0) is 18.1. The molecule has 1 N–H and O–H groups in total. The monoisotopic (exact) mass is 349 g/mol. The van der Waals surface area contributed by atoms with Crippen molar-refractivity contribution in [2.75, 3.05) is 31.6 Å². The fourth-order valence-electron chi connectivity index (χ4n) is 4.09. The fourth-order valence-corrected chi connectivity index (χ4v) is 4.09. The SMILES string of the molecule is CN1CCC[C@H](N2CCCc3cc(-c4ccc(C#N)cc4O)nnc32)C1. The minimum atomic E-state index is 0.0693. The molecule has 1 saturated heterocycles. The second-order valence-electron chi connectivity index (χ2n) is 7.28. The number of hydrogen-bond donors (Lipinski definition) is 1. The molecule has 2 aromatic rings. The Bertz CT molecular complexity index is 860. The summed E-state index contributed by atoms with van der Waals surface area (Å²) < 4.78 is 0. The van der Waals surface area contributed by atoms with Crippen molar-refractivity contribution in [3.05, 3.63) is 35.4 Å². The molecule has 26 heavy (non-hydrogen) atoms. The third-order valence-electron chi connectivity index (χ3n) is 5.41. The van der Waals surface area contributed by atoms with Crippen LogP contribution in [0.15, 0.2) is 24.3 Å². The summed E-state index contributed by atoms with van der Waals surface area (Å²) in [4.78, 5) is 4.81. The van der Waals surface area contributed by atoms with Crippen LogP contribution in [0, 0.1) is 11.3 Å². The normalized spacial score (nSPS) is 20.5. The van der Waals surface area contributed by atoms with Crippen LogP contribution in [0.4, 0.5) is 5.82 Å². The zero-order valence-corrected chi connectivity index (χ0v) is 15.0. The Balaban J connectivity index is 1.66. The van der Waals surface area contributed by atoms with Gasteiger partial charge in [-0.15, -0.1) is 10.2 Å². The van der Waals surface area contributed by atoms with E-state index in [1.807, 2.05) is 12.1 Å². The van der Waals surface area contributed by atoms with Crippen LogP contribution >= 0.6 is 0 Å². The van der Waals surface area contributed by atoms with E-state index in [1.54, 1.807) is 12.1 Å². The minimum absolute atomic E-state index is 0.0693. The van der Waals surface area contributed by atoms with Crippen molar-refractivity contribution in [3.8, 4) is 23.1 Å². The summed E-state index contributed by atoms with van der Waals surface area (Å²) in [5.41, 5.74) is 2.91. The molecule has 134 valence electrons. The molecule has 0 unspecified atom stereocenters. The summed E-state index contributed by atoms with van der Waals surface area (Å²) in [5.74, 6) is 1.06. The summed E-state index contributed by atoms with van der Waals surface area (Å²) in [6.45, 7) is 3.26. The van der Waals surface area contributed by atoms with Crippen molar-refractivity contribution in [1.29, 1.82) is 5.26 Å². The van der Waals surface area contributed by atoms with Crippen LogP contribution in [0.25, 0.3) is 11.3 Å². The predicted octanol–water partition coefficient (Wildman–Crippen LogP) is 2.57. The molecule has 0 bridgehead atoms. The van der Waals surface area contributed by atoms with Gasteiger partial charge >= 0.3 is 0 Å². The van der Waals surface area contributed by atoms with Crippen LogP contribution in [0.1, 0.15) is 30.4 Å². The van der Waals surface area contributed by atoms with Crippen molar-refractivity contribution < 1.29 is 5.11 Å². The molecule has 4 rings (SSSR count). The Morgan fingerprint density at radius 3 is 2.85 bits per heavy atom. The van der Waals surface area contributed by atoms with E-state index in [-0.39, 0.29) is 5.75 Å². The first kappa shape index (κ1) is 16.8. The van der Waals surface area contributed by atoms with Gasteiger partial charge in [0.05, 0.1) is 17.3 Å². The highest BCUT2D eigenvalue weighted by Crippen LogP contribution is 2.34. The van der Waals surface area contributed by atoms with Crippen molar-refractivity contribution in [3.63, 3.8) is 0 Å². The van der Waals surface area contributed by atoms with Gasteiger partial charge in [0.1, 0.15) is 5.75 Å². The van der Waals surface area contributed by atoms with E-state index in [0.29, 0.717) is 22.9 Å². The second-order valence-corrected chi connectivity index (χ2v) is 7.28. The van der Waals surface area contributed by atoms with Gasteiger partial charge in [0.15, 0.2) is 5.82 Å². The van der Waals surface area contributed by atoms with Gasteiger partial charge in [-0.1, -0.05) is 0 Å². The predicted molar refractivity (Wildman–Crippen MR) is 100 cm³/mol. The highest BCUT2D eigenvalue weighted by molar-refractivity contribution is 5.69. The maximum absolute atomic E-state index is 10.2. The molecule has 2 aliphatic rings. The van der Waals surface area contributed by atoms with Gasteiger partial charge in [0, 0.05) is 24.7 Å². The Kier molecular flexibility index (Phi) is 4.48. The van der Waals surface area contributed by atoms with E-state index in [4.69, 9.17) is 5.26 Å². The Labute approximate surface area is 153 Å². The number of rotatable bonds is 2. The van der Waals surface area contributed by atoms with Crippen LogP contribution in [0.3, 0.4) is 0 Å². The Hall–Kier alpha value is -2.65. The molecular weight excluding hydrogens is 326 g/mol. The second kappa shape index (κ2) is 6.93. The molecule has 1 atom stereocenters. The van der Waals surface area contributed by atoms with Crippen molar-refractivity contribution in [2.24, 2.45) is 0 Å². The number of nitriles is 1. The molecule has 3 heterocycles. The van der Waals surface area contributed by atoms with Gasteiger partial charge < -0.3 is 14.9 Å². The summed E-state index contributed by atoms with van der Waals surface area (Å²) in [5, 5.41) is 28.1. The molecule has 0 spiro atoms. The first-order valence-electron chi connectivity index (χ1n) is 9.21. The Morgan fingerprint density at radius 2 is 2.08 bits per heavy atom. The van der Waals surface area contributed by atoms with Gasteiger partial charge in [-0.25, -0.2) is 0 Å². The molecule has 1 aromatic carbocycles. The first-order valence-corrected chi connectivity index (χ1v) is 9.21. The molecule has 6 nitrogen and oxygen atoms in total. The van der Waals surface area contributed by atoms with Gasteiger partial charge in [-0.2, -0.15) is 5.26 Å². The minimum Gasteiger partial charge on any atom is -0.507 e. The molecule has 0 aliphatic carbocycles. The summed E-state index contributed by atoms with van der Waals surface area (Å²) in [7, 11) is 2.18. The molecule has 0 radical (unpaired) electrons. The quantitative estimate of drug-likeness (QED) is 0.898. The van der Waals surface area contributed by atoms with E-state index in [2.05, 4.69) is 27.0 Å². The Morgan fingerprint density at radius 1 is 1.19 bits per heavy atom. The number of phenolic OH excluding ortho intramolecular Hbond substituents is 1. The zero-order valence-electron chi connectivity index (χ0n) is 15.0. The van der Waals surface area contributed by atoms with Crippen molar-refractivity contribution >= 4 is 5.82 Å². The van der Waals surface area contributed by atoms with E-state index < -0.39 is 0 Å². The number of benzene rings is 1. The molecule has 1 aromatic heterocycles. The lowest BCUT2D eigenvalue weighted by molar-refractivity contribution is 0.242. The van der Waals surface area contributed by atoms with Gasteiger partial charge in [0.2, 0.25) is 0 Å². The topological polar surface area (TPSA) is 76.3 Å². The maximum Gasteiger partial charge on any atom is 0.154 e. The van der Waals surface area contributed by atoms with E-state index >= 15 is 0 Å². The van der Waals surface area contributed by atoms with Crippen molar-refractivity contribution in [1.82, 2.24) is 15.1 Å². The van der Waals surface area contributed by atoms with Crippen LogP contribution in [0.2, 0.25) is 0 Å². The number of aromatic hydroxyl groups is 1. The molecule has 1 fully saturated rings. The van der Waals surface area contributed by atoms with Crippen LogP contribution in [-0.2, 0) is 6.42 Å². The third kappa shape index (κ3) is 3.11. The summed E-state index contributed by atoms with van der Waals surface area (Å²) in [6, 6.07) is 9.48. The third-order valence-corrected chi connectivity index (χ3v) is 5.41. The van der Waals surface area contributed by atoms with Crippen LogP contribution < -0.4 is 4.90 Å². The average molecular weight is 349 g/mol.